The molecule has 0 radical (unpaired) electrons. The minimum absolute atomic E-state index is 0.0258. The van der Waals surface area contributed by atoms with Crippen LogP contribution in [0.15, 0.2) is 60.7 Å². The first kappa shape index (κ1) is 30.5. The van der Waals surface area contributed by atoms with E-state index in [0.717, 1.165) is 20.2 Å². The van der Waals surface area contributed by atoms with Gasteiger partial charge in [0.05, 0.1) is 16.2 Å². The Morgan fingerprint density at radius 3 is 2.00 bits per heavy atom. The molecule has 4 rings (SSSR count). The van der Waals surface area contributed by atoms with Gasteiger partial charge >= 0.3 is 5.97 Å². The number of nitrogens with two attached hydrogens (primary N) is 1. The minimum Gasteiger partial charge on any atom is -0.481 e. The number of amides is 3. The molecule has 5 N–H and O–H groups in total. The quantitative estimate of drug-likeness (QED) is 0.148. The monoisotopic (exact) mass is 607 g/mol. The van der Waals surface area contributed by atoms with E-state index in [2.05, 4.69) is 10.6 Å². The van der Waals surface area contributed by atoms with Gasteiger partial charge in [0, 0.05) is 41.1 Å². The average molecular weight is 608 g/mol. The number of benzene rings is 2. The molecule has 0 aliphatic carbocycles. The molecule has 0 saturated carbocycles. The number of carboxylic acid groups (broad SMARTS) is 1. The highest BCUT2D eigenvalue weighted by Gasteiger charge is 2.29. The van der Waals surface area contributed by atoms with Crippen LogP contribution in [0.1, 0.15) is 51.4 Å². The molecular weight excluding hydrogens is 578 g/mol. The van der Waals surface area contributed by atoms with Crippen LogP contribution < -0.4 is 16.4 Å². The summed E-state index contributed by atoms with van der Waals surface area (Å²) >= 11 is 2.56. The topological polar surface area (TPSA) is 173 Å². The van der Waals surface area contributed by atoms with Crippen molar-refractivity contribution >= 4 is 78.1 Å². The van der Waals surface area contributed by atoms with Gasteiger partial charge in [-0.2, -0.15) is 0 Å². The van der Waals surface area contributed by atoms with E-state index in [1.54, 1.807) is 12.1 Å². The maximum Gasteiger partial charge on any atom is 0.303 e. The lowest BCUT2D eigenvalue weighted by Crippen LogP contribution is -2.50. The molecule has 2 heterocycles. The summed E-state index contributed by atoms with van der Waals surface area (Å²) in [6, 6.07) is 17.1. The van der Waals surface area contributed by atoms with E-state index in [0.29, 0.717) is 9.75 Å². The van der Waals surface area contributed by atoms with Crippen molar-refractivity contribution in [3.05, 3.63) is 70.4 Å². The van der Waals surface area contributed by atoms with Crippen molar-refractivity contribution in [2.45, 2.75) is 38.1 Å². The highest BCUT2D eigenvalue weighted by molar-refractivity contribution is 7.21. The van der Waals surface area contributed by atoms with Crippen LogP contribution in [0.3, 0.4) is 0 Å². The van der Waals surface area contributed by atoms with Crippen molar-refractivity contribution in [3.63, 3.8) is 0 Å². The molecule has 0 fully saturated rings. The van der Waals surface area contributed by atoms with E-state index in [1.807, 2.05) is 48.5 Å². The van der Waals surface area contributed by atoms with E-state index in [-0.39, 0.29) is 38.0 Å². The van der Waals surface area contributed by atoms with Gasteiger partial charge in [-0.3, -0.25) is 28.8 Å². The number of carbonyl (C=O) groups is 6. The molecule has 0 aliphatic rings. The molecule has 2 atom stereocenters. The summed E-state index contributed by atoms with van der Waals surface area (Å²) < 4.78 is 1.82. The third-order valence-corrected chi connectivity index (χ3v) is 8.92. The normalized spacial score (nSPS) is 12.5. The van der Waals surface area contributed by atoms with Crippen molar-refractivity contribution < 1.29 is 33.9 Å². The second kappa shape index (κ2) is 14.0. The first-order valence-electron chi connectivity index (χ1n) is 13.2. The van der Waals surface area contributed by atoms with E-state index >= 15 is 0 Å². The number of carboxylic acids is 1. The number of fused-ring (bicyclic) bond motifs is 2. The lowest BCUT2D eigenvalue weighted by atomic mass is 9.94. The molecule has 3 amide bonds. The second-order valence-corrected chi connectivity index (χ2v) is 11.9. The summed E-state index contributed by atoms with van der Waals surface area (Å²) in [7, 11) is 0. The number of rotatable bonds is 15. The molecule has 218 valence electrons. The number of ketones is 2. The Morgan fingerprint density at radius 1 is 0.810 bits per heavy atom. The summed E-state index contributed by atoms with van der Waals surface area (Å²) in [6.07, 6.45) is -1.23. The van der Waals surface area contributed by atoms with Gasteiger partial charge in [-0.1, -0.05) is 36.4 Å². The van der Waals surface area contributed by atoms with Crippen molar-refractivity contribution in [2.24, 2.45) is 11.7 Å². The molecule has 42 heavy (non-hydrogen) atoms. The highest BCUT2D eigenvalue weighted by Crippen LogP contribution is 2.28. The number of Topliss-reactive ketones (excluding diaryl/α,β-unsaturated/α-hetero) is 2. The molecule has 0 aliphatic heterocycles. The Kier molecular flexibility index (Phi) is 10.2. The summed E-state index contributed by atoms with van der Waals surface area (Å²) in [5.41, 5.74) is 5.31. The van der Waals surface area contributed by atoms with Crippen LogP contribution in [-0.2, 0) is 19.2 Å². The molecule has 12 heteroatoms. The summed E-state index contributed by atoms with van der Waals surface area (Å²) in [5.74, 6) is -4.83. The third kappa shape index (κ3) is 8.08. The lowest BCUT2D eigenvalue weighted by Gasteiger charge is -2.22. The predicted molar refractivity (Wildman–Crippen MR) is 161 cm³/mol. The van der Waals surface area contributed by atoms with Crippen molar-refractivity contribution in [1.82, 2.24) is 10.6 Å². The number of primary amides is 1. The zero-order valence-electron chi connectivity index (χ0n) is 22.5. The van der Waals surface area contributed by atoms with Crippen molar-refractivity contribution in [1.29, 1.82) is 0 Å². The van der Waals surface area contributed by atoms with Crippen LogP contribution >= 0.6 is 22.7 Å². The van der Waals surface area contributed by atoms with Gasteiger partial charge in [-0.15, -0.1) is 22.7 Å². The van der Waals surface area contributed by atoms with Crippen LogP contribution in [0.5, 0.6) is 0 Å². The van der Waals surface area contributed by atoms with Crippen molar-refractivity contribution in [2.75, 3.05) is 6.54 Å². The van der Waals surface area contributed by atoms with Crippen molar-refractivity contribution in [3.8, 4) is 0 Å². The molecule has 0 bridgehead atoms. The van der Waals surface area contributed by atoms with Gasteiger partial charge < -0.3 is 21.5 Å². The molecule has 10 nitrogen and oxygen atoms in total. The SMILES string of the molecule is NC(=O)CCC(CC(=O)c1cc2ccccc2s1)C(=O)NC(CNC(=O)c1cc2ccccc2s1)C(=O)CCC(=O)O. The number of carbonyl (C=O) groups excluding carboxylic acids is 5. The van der Waals surface area contributed by atoms with Gasteiger partial charge in [0.25, 0.3) is 5.91 Å². The number of aliphatic carboxylic acids is 1. The number of hydrogen-bond donors (Lipinski definition) is 4. The van der Waals surface area contributed by atoms with Crippen LogP contribution in [0.4, 0.5) is 0 Å². The Balaban J connectivity index is 1.48. The van der Waals surface area contributed by atoms with Gasteiger partial charge in [0.2, 0.25) is 11.8 Å². The Labute approximate surface area is 248 Å². The zero-order valence-corrected chi connectivity index (χ0v) is 24.1. The molecule has 2 unspecified atom stereocenters. The van der Waals surface area contributed by atoms with Gasteiger partial charge in [0.1, 0.15) is 6.04 Å². The van der Waals surface area contributed by atoms with Crippen LogP contribution in [0.2, 0.25) is 0 Å². The van der Waals surface area contributed by atoms with Crippen LogP contribution in [0, 0.1) is 5.92 Å². The molecule has 0 spiro atoms. The van der Waals surface area contributed by atoms with Gasteiger partial charge in [-0.25, -0.2) is 0 Å². The fourth-order valence-electron chi connectivity index (χ4n) is 4.40. The smallest absolute Gasteiger partial charge is 0.303 e. The van der Waals surface area contributed by atoms with E-state index in [1.165, 1.54) is 22.7 Å². The number of hydrogen-bond acceptors (Lipinski definition) is 8. The second-order valence-electron chi connectivity index (χ2n) is 9.76. The third-order valence-electron chi connectivity index (χ3n) is 6.65. The fourth-order valence-corrected chi connectivity index (χ4v) is 6.39. The first-order chi connectivity index (χ1) is 20.1. The molecule has 2 aromatic heterocycles. The molecule has 0 saturated heterocycles. The number of nitrogens with one attached hydrogen (secondary N) is 2. The Hall–Kier alpha value is -4.42. The first-order valence-corrected chi connectivity index (χ1v) is 14.9. The van der Waals surface area contributed by atoms with Crippen LogP contribution in [0.25, 0.3) is 20.2 Å². The minimum atomic E-state index is -1.24. The molecule has 2 aromatic carbocycles. The maximum atomic E-state index is 13.4. The fraction of sp³-hybridized carbons (Fsp3) is 0.267. The maximum absolute atomic E-state index is 13.4. The zero-order chi connectivity index (χ0) is 30.2. The standard InChI is InChI=1S/C30H29N3O7S2/c31-27(36)11-9-19(13-22(35)25-14-17-5-1-3-7-23(17)41-25)29(39)33-20(21(34)10-12-28(37)38)16-32-30(40)26-15-18-6-2-4-8-24(18)42-26/h1-8,14-15,19-20H,9-13,16H2,(H2,31,36)(H,32,40)(H,33,39)(H,37,38). The summed E-state index contributed by atoms with van der Waals surface area (Å²) in [5, 5.41) is 16.1. The van der Waals surface area contributed by atoms with Crippen LogP contribution in [-0.4, -0.2) is 53.0 Å². The lowest BCUT2D eigenvalue weighted by molar-refractivity contribution is -0.139. The van der Waals surface area contributed by atoms with Gasteiger partial charge in [0.15, 0.2) is 11.6 Å². The van der Waals surface area contributed by atoms with E-state index in [9.17, 15) is 28.8 Å². The Morgan fingerprint density at radius 2 is 1.40 bits per heavy atom. The van der Waals surface area contributed by atoms with E-state index < -0.39 is 47.9 Å². The summed E-state index contributed by atoms with van der Waals surface area (Å²) in [4.78, 5) is 75.8. The van der Waals surface area contributed by atoms with Gasteiger partial charge in [-0.05, 0) is 41.5 Å². The highest BCUT2D eigenvalue weighted by atomic mass is 32.1. The Bertz CT molecular complexity index is 1590. The largest absolute Gasteiger partial charge is 0.481 e. The van der Waals surface area contributed by atoms with E-state index in [4.69, 9.17) is 10.8 Å². The average Bonchev–Trinajstić information content (AvgIpc) is 3.60. The molecule has 4 aromatic rings. The molecular formula is C30H29N3O7S2. The predicted octanol–water partition coefficient (Wildman–Crippen LogP) is 3.92. The number of thiophene rings is 2. The summed E-state index contributed by atoms with van der Waals surface area (Å²) in [6.45, 7) is -0.288.